The highest BCUT2D eigenvalue weighted by atomic mass is 79.9. The smallest absolute Gasteiger partial charge is 0.253 e. The highest BCUT2D eigenvalue weighted by Crippen LogP contribution is 2.18. The lowest BCUT2D eigenvalue weighted by Crippen LogP contribution is -2.23. The fourth-order valence-electron chi connectivity index (χ4n) is 1.97. The Kier molecular flexibility index (Phi) is 5.42. The second-order valence-electron chi connectivity index (χ2n) is 4.83. The molecule has 21 heavy (non-hydrogen) atoms. The van der Waals surface area contributed by atoms with Crippen LogP contribution in [0.4, 0.5) is 5.82 Å². The Hall–Kier alpha value is -1.33. The molecule has 0 aromatic carbocycles. The first-order chi connectivity index (χ1) is 10.0. The van der Waals surface area contributed by atoms with Gasteiger partial charge in [0.05, 0.1) is 17.3 Å². The number of aryl methyl sites for hydroxylation is 1. The van der Waals surface area contributed by atoms with Gasteiger partial charge in [0.25, 0.3) is 5.56 Å². The van der Waals surface area contributed by atoms with E-state index < -0.39 is 0 Å². The van der Waals surface area contributed by atoms with E-state index in [-0.39, 0.29) is 5.56 Å². The first-order valence-corrected chi connectivity index (χ1v) is 7.94. The second-order valence-corrected chi connectivity index (χ2v) is 6.15. The summed E-state index contributed by atoms with van der Waals surface area (Å²) in [5.41, 5.74) is 1.32. The lowest BCUT2D eigenvalue weighted by atomic mass is 10.3. The van der Waals surface area contributed by atoms with Crippen molar-refractivity contribution in [3.05, 3.63) is 55.5 Å². The fourth-order valence-corrected chi connectivity index (χ4v) is 2.72. The molecule has 112 valence electrons. The summed E-state index contributed by atoms with van der Waals surface area (Å²) in [6.45, 7) is 5.08. The lowest BCUT2D eigenvalue weighted by Gasteiger charge is -2.11. The average molecular weight is 371 g/mol. The van der Waals surface area contributed by atoms with Gasteiger partial charge in [0.1, 0.15) is 5.82 Å². The van der Waals surface area contributed by atoms with Gasteiger partial charge in [-0.3, -0.25) is 4.79 Å². The van der Waals surface area contributed by atoms with E-state index >= 15 is 0 Å². The normalized spacial score (nSPS) is 10.7. The maximum absolute atomic E-state index is 12.1. The topological polar surface area (TPSA) is 46.9 Å². The molecule has 2 aromatic heterocycles. The molecule has 0 aliphatic rings. The van der Waals surface area contributed by atoms with Gasteiger partial charge in [0.2, 0.25) is 0 Å². The molecule has 0 atom stereocenters. The summed E-state index contributed by atoms with van der Waals surface area (Å²) in [5, 5.41) is 3.78. The van der Waals surface area contributed by atoms with E-state index in [0.29, 0.717) is 22.8 Å². The molecule has 0 saturated heterocycles. The third-order valence-corrected chi connectivity index (χ3v) is 3.80. The lowest BCUT2D eigenvalue weighted by molar-refractivity contribution is 0.731. The van der Waals surface area contributed by atoms with Crippen molar-refractivity contribution in [2.75, 3.05) is 11.9 Å². The van der Waals surface area contributed by atoms with Gasteiger partial charge in [-0.2, -0.15) is 0 Å². The Balaban J connectivity index is 2.33. The number of anilines is 1. The Morgan fingerprint density at radius 2 is 2.19 bits per heavy atom. The van der Waals surface area contributed by atoms with Crippen LogP contribution < -0.4 is 10.9 Å². The molecule has 0 unspecified atom stereocenters. The van der Waals surface area contributed by atoms with Crippen molar-refractivity contribution in [1.82, 2.24) is 9.55 Å². The average Bonchev–Trinajstić information content (AvgIpc) is 2.45. The molecular formula is C15H17BrClN3O. The summed E-state index contributed by atoms with van der Waals surface area (Å²) in [5.74, 6) is 0.774. The molecule has 1 N–H and O–H groups in total. The van der Waals surface area contributed by atoms with Crippen LogP contribution >= 0.6 is 27.5 Å². The first-order valence-electron chi connectivity index (χ1n) is 6.77. The molecule has 0 amide bonds. The van der Waals surface area contributed by atoms with E-state index in [1.54, 1.807) is 29.8 Å². The molecule has 0 aliphatic carbocycles. The van der Waals surface area contributed by atoms with Gasteiger partial charge in [-0.15, -0.1) is 0 Å². The van der Waals surface area contributed by atoms with Crippen molar-refractivity contribution in [2.45, 2.75) is 26.8 Å². The van der Waals surface area contributed by atoms with Crippen LogP contribution in [0.3, 0.4) is 0 Å². The van der Waals surface area contributed by atoms with Gasteiger partial charge < -0.3 is 9.88 Å². The van der Waals surface area contributed by atoms with Crippen molar-refractivity contribution < 1.29 is 0 Å². The van der Waals surface area contributed by atoms with Crippen molar-refractivity contribution in [3.8, 4) is 0 Å². The van der Waals surface area contributed by atoms with Crippen molar-refractivity contribution in [1.29, 1.82) is 0 Å². The number of aromatic nitrogens is 2. The van der Waals surface area contributed by atoms with Gasteiger partial charge >= 0.3 is 0 Å². The van der Waals surface area contributed by atoms with E-state index in [1.807, 2.05) is 6.07 Å². The number of hydrogen-bond donors (Lipinski definition) is 1. The summed E-state index contributed by atoms with van der Waals surface area (Å²) in [6, 6.07) is 5.45. The first kappa shape index (κ1) is 16.0. The second kappa shape index (κ2) is 7.09. The van der Waals surface area contributed by atoms with Crippen LogP contribution in [0.25, 0.3) is 0 Å². The molecule has 0 spiro atoms. The van der Waals surface area contributed by atoms with Gasteiger partial charge in [-0.1, -0.05) is 18.5 Å². The minimum absolute atomic E-state index is 0.0389. The zero-order valence-electron chi connectivity index (χ0n) is 12.0. The molecule has 0 aliphatic heterocycles. The third kappa shape index (κ3) is 4.08. The summed E-state index contributed by atoms with van der Waals surface area (Å²) < 4.78 is 2.47. The minimum atomic E-state index is -0.0389. The number of nitrogens with zero attached hydrogens (tertiary/aromatic N) is 2. The Labute approximate surface area is 137 Å². The Bertz CT molecular complexity index is 700. The van der Waals surface area contributed by atoms with E-state index in [2.05, 4.69) is 33.2 Å². The van der Waals surface area contributed by atoms with Crippen molar-refractivity contribution in [3.63, 3.8) is 0 Å². The summed E-state index contributed by atoms with van der Waals surface area (Å²) in [4.78, 5) is 16.6. The number of hydrogen-bond acceptors (Lipinski definition) is 3. The monoisotopic (exact) mass is 369 g/mol. The van der Waals surface area contributed by atoms with Crippen molar-refractivity contribution in [2.24, 2.45) is 0 Å². The van der Waals surface area contributed by atoms with Crippen LogP contribution in [0.15, 0.2) is 33.7 Å². The highest BCUT2D eigenvalue weighted by Gasteiger charge is 2.08. The molecule has 6 heteroatoms. The molecule has 0 radical (unpaired) electrons. The molecule has 0 bridgehead atoms. The van der Waals surface area contributed by atoms with E-state index in [9.17, 15) is 4.79 Å². The predicted octanol–water partition coefficient (Wildman–Crippen LogP) is 3.84. The maximum Gasteiger partial charge on any atom is 0.253 e. The fraction of sp³-hybridized carbons (Fsp3) is 0.333. The molecule has 2 rings (SSSR count). The summed E-state index contributed by atoms with van der Waals surface area (Å²) in [6.07, 6.45) is 2.77. The number of halogens is 2. The third-order valence-electron chi connectivity index (χ3n) is 3.03. The zero-order valence-corrected chi connectivity index (χ0v) is 14.3. The summed E-state index contributed by atoms with van der Waals surface area (Å²) >= 11 is 9.60. The van der Waals surface area contributed by atoms with E-state index in [1.165, 1.54) is 0 Å². The van der Waals surface area contributed by atoms with Gasteiger partial charge in [0, 0.05) is 22.8 Å². The number of nitrogens with one attached hydrogen (secondary N) is 1. The standard InChI is InChI=1S/C15H17BrClN3O/c1-3-6-18-14-5-4-12(17)13(19-14)9-20-8-11(16)7-10(2)15(20)21/h4-5,7-8H,3,6,9H2,1-2H3,(H,18,19). The minimum Gasteiger partial charge on any atom is -0.370 e. The molecule has 2 aromatic rings. The van der Waals surface area contributed by atoms with Gasteiger partial charge in [-0.05, 0) is 47.5 Å². The largest absolute Gasteiger partial charge is 0.370 e. The molecule has 2 heterocycles. The van der Waals surface area contributed by atoms with Crippen LogP contribution in [-0.2, 0) is 6.54 Å². The Morgan fingerprint density at radius 3 is 2.90 bits per heavy atom. The maximum atomic E-state index is 12.1. The van der Waals surface area contributed by atoms with Crippen LogP contribution in [0, 0.1) is 6.92 Å². The van der Waals surface area contributed by atoms with Gasteiger partial charge in [0.15, 0.2) is 0 Å². The van der Waals surface area contributed by atoms with Crippen LogP contribution in [0.5, 0.6) is 0 Å². The van der Waals surface area contributed by atoms with Gasteiger partial charge in [-0.25, -0.2) is 4.98 Å². The predicted molar refractivity (Wildman–Crippen MR) is 90.3 cm³/mol. The van der Waals surface area contributed by atoms with E-state index in [4.69, 9.17) is 11.6 Å². The summed E-state index contributed by atoms with van der Waals surface area (Å²) in [7, 11) is 0. The molecule has 0 saturated carbocycles. The van der Waals surface area contributed by atoms with E-state index in [0.717, 1.165) is 23.3 Å². The van der Waals surface area contributed by atoms with Crippen LogP contribution in [0.2, 0.25) is 5.02 Å². The van der Waals surface area contributed by atoms with Crippen molar-refractivity contribution >= 4 is 33.3 Å². The molecule has 4 nitrogen and oxygen atoms in total. The Morgan fingerprint density at radius 1 is 1.43 bits per heavy atom. The molecular weight excluding hydrogens is 354 g/mol. The van der Waals surface area contributed by atoms with Crippen LogP contribution in [0.1, 0.15) is 24.6 Å². The quantitative estimate of drug-likeness (QED) is 0.870. The zero-order chi connectivity index (χ0) is 15.4. The highest BCUT2D eigenvalue weighted by molar-refractivity contribution is 9.10. The SMILES string of the molecule is CCCNc1ccc(Cl)c(Cn2cc(Br)cc(C)c2=O)n1. The number of rotatable bonds is 5. The molecule has 0 fully saturated rings. The number of pyridine rings is 2. The van der Waals surface area contributed by atoms with Crippen LogP contribution in [-0.4, -0.2) is 16.1 Å².